The molecule has 14 heteroatoms. The number of hydrogen-bond acceptors (Lipinski definition) is 13. The van der Waals surface area contributed by atoms with Crippen LogP contribution in [-0.4, -0.2) is 91.2 Å². The summed E-state index contributed by atoms with van der Waals surface area (Å²) in [5, 5.41) is 79.5. The Labute approximate surface area is 260 Å². The number of phenolic OH excluding ortho intramolecular Hbond substituents is 3. The third-order valence-electron chi connectivity index (χ3n) is 8.36. The highest BCUT2D eigenvalue weighted by molar-refractivity contribution is 5.90. The van der Waals surface area contributed by atoms with Gasteiger partial charge in [-0.05, 0) is 36.4 Å². The van der Waals surface area contributed by atoms with Gasteiger partial charge in [0.2, 0.25) is 17.6 Å². The Hall–Kier alpha value is -4.96. The molecular formula is C32H30N2O12. The first-order chi connectivity index (χ1) is 21.9. The van der Waals surface area contributed by atoms with Crippen LogP contribution < -0.4 is 20.8 Å². The SMILES string of the molecule is CN[C@H]1CN[C@]2(O)[C@@H](O)[C@H](Oc3cc4oc(-c5ccc(O)cc5C=Cc5ccccc5)cc(=O)c4c(O)c3O)O[C@]1(C(=O)O)[C@H]2O. The summed E-state index contributed by atoms with van der Waals surface area (Å²) in [6.45, 7) is -0.226. The second-order valence-electron chi connectivity index (χ2n) is 11.0. The molecule has 3 aromatic carbocycles. The molecule has 0 radical (unpaired) electrons. The van der Waals surface area contributed by atoms with E-state index in [9.17, 15) is 45.3 Å². The van der Waals surface area contributed by atoms with Crippen LogP contribution in [0.5, 0.6) is 23.0 Å². The molecule has 0 saturated carbocycles. The van der Waals surface area contributed by atoms with Crippen LogP contribution in [0.4, 0.5) is 0 Å². The number of aromatic hydroxyl groups is 3. The number of carboxylic acids is 1. The van der Waals surface area contributed by atoms with Crippen molar-refractivity contribution in [2.75, 3.05) is 13.6 Å². The summed E-state index contributed by atoms with van der Waals surface area (Å²) in [5.74, 6) is -4.21. The third kappa shape index (κ3) is 4.84. The zero-order valence-electron chi connectivity index (χ0n) is 24.1. The molecule has 2 fully saturated rings. The molecule has 4 aromatic rings. The minimum Gasteiger partial charge on any atom is -0.508 e. The van der Waals surface area contributed by atoms with E-state index in [2.05, 4.69) is 10.6 Å². The van der Waals surface area contributed by atoms with Gasteiger partial charge >= 0.3 is 5.97 Å². The summed E-state index contributed by atoms with van der Waals surface area (Å²) in [6, 6.07) is 14.7. The lowest BCUT2D eigenvalue weighted by atomic mass is 9.74. The molecule has 46 heavy (non-hydrogen) atoms. The Morgan fingerprint density at radius 1 is 1.04 bits per heavy atom. The van der Waals surface area contributed by atoms with Gasteiger partial charge in [0.1, 0.15) is 28.6 Å². The number of carboxylic acid groups (broad SMARTS) is 1. The number of benzene rings is 3. The molecule has 9 N–H and O–H groups in total. The minimum absolute atomic E-state index is 0.0214. The number of fused-ring (bicyclic) bond motifs is 3. The first-order valence-corrected chi connectivity index (χ1v) is 14.1. The fourth-order valence-corrected chi connectivity index (χ4v) is 5.91. The highest BCUT2D eigenvalue weighted by atomic mass is 16.7. The first-order valence-electron chi connectivity index (χ1n) is 14.1. The maximum absolute atomic E-state index is 13.2. The van der Waals surface area contributed by atoms with E-state index < -0.39 is 69.9 Å². The second kappa shape index (κ2) is 11.4. The topological polar surface area (TPSA) is 231 Å². The zero-order chi connectivity index (χ0) is 33.0. The van der Waals surface area contributed by atoms with Gasteiger partial charge in [0.05, 0.1) is 6.04 Å². The first kappa shape index (κ1) is 31.0. The van der Waals surface area contributed by atoms with E-state index in [4.69, 9.17) is 13.9 Å². The van der Waals surface area contributed by atoms with Crippen molar-refractivity contribution in [2.45, 2.75) is 35.9 Å². The average molecular weight is 635 g/mol. The van der Waals surface area contributed by atoms with Crippen LogP contribution in [0.1, 0.15) is 11.1 Å². The Bertz CT molecular complexity index is 1910. The van der Waals surface area contributed by atoms with E-state index in [1.807, 2.05) is 30.3 Å². The van der Waals surface area contributed by atoms with E-state index >= 15 is 0 Å². The molecule has 0 aliphatic carbocycles. The van der Waals surface area contributed by atoms with Crippen molar-refractivity contribution in [1.82, 2.24) is 10.6 Å². The van der Waals surface area contributed by atoms with E-state index in [-0.39, 0.29) is 23.6 Å². The molecule has 2 aliphatic rings. The standard InChI is InChI=1S/C32H30N2O12/c1-33-23-14-34-32(43)27(39)28(46-31(23,29(32)40)30(41)42)45-22-13-21-24(26(38)25(22)37)19(36)12-20(44-21)18-10-9-17(35)11-16(18)8-7-15-5-3-2-4-6-15/h2-13,23,27-29,33-35,37-40,43H,14H2,1H3,(H,41,42)/t23-,27-,28+,29+,31-,32-/m0/s1. The van der Waals surface area contributed by atoms with Crippen LogP contribution in [0.15, 0.2) is 69.9 Å². The molecule has 2 saturated heterocycles. The molecule has 240 valence electrons. The smallest absolute Gasteiger partial charge is 0.340 e. The fourth-order valence-electron chi connectivity index (χ4n) is 5.91. The fraction of sp³-hybridized carbons (Fsp3) is 0.250. The van der Waals surface area contributed by atoms with E-state index in [1.54, 1.807) is 12.2 Å². The van der Waals surface area contributed by atoms with Gasteiger partial charge in [-0.25, -0.2) is 4.79 Å². The average Bonchev–Trinajstić information content (AvgIpc) is 3.03. The van der Waals surface area contributed by atoms with E-state index in [0.29, 0.717) is 11.1 Å². The number of aliphatic hydroxyl groups is 3. The lowest BCUT2D eigenvalue weighted by Crippen LogP contribution is -2.87. The number of likely N-dealkylation sites (N-methyl/N-ethyl adjacent to an activating group) is 1. The lowest BCUT2D eigenvalue weighted by molar-refractivity contribution is -0.362. The number of aliphatic hydroxyl groups excluding tert-OH is 2. The number of hydrogen-bond donors (Lipinski definition) is 9. The highest BCUT2D eigenvalue weighted by Crippen LogP contribution is 2.46. The van der Waals surface area contributed by atoms with Gasteiger partial charge in [-0.3, -0.25) is 10.1 Å². The maximum Gasteiger partial charge on any atom is 0.340 e. The van der Waals surface area contributed by atoms with Crippen LogP contribution in [-0.2, 0) is 9.53 Å². The largest absolute Gasteiger partial charge is 0.508 e. The summed E-state index contributed by atoms with van der Waals surface area (Å²) in [4.78, 5) is 25.6. The molecule has 0 amide bonds. The molecular weight excluding hydrogens is 604 g/mol. The molecule has 6 atom stereocenters. The summed E-state index contributed by atoms with van der Waals surface area (Å²) in [5.41, 5.74) is -4.42. The summed E-state index contributed by atoms with van der Waals surface area (Å²) < 4.78 is 17.2. The van der Waals surface area contributed by atoms with Crippen LogP contribution in [0.2, 0.25) is 0 Å². The minimum atomic E-state index is -2.62. The number of nitrogens with one attached hydrogen (secondary N) is 2. The Kier molecular flexibility index (Phi) is 7.72. The number of aliphatic carboxylic acids is 1. The third-order valence-corrected chi connectivity index (χ3v) is 8.36. The summed E-state index contributed by atoms with van der Waals surface area (Å²) in [7, 11) is 1.40. The van der Waals surface area contributed by atoms with Crippen molar-refractivity contribution in [2.24, 2.45) is 0 Å². The van der Waals surface area contributed by atoms with Gasteiger partial charge in [-0.15, -0.1) is 0 Å². The molecule has 14 nitrogen and oxygen atoms in total. The predicted molar refractivity (Wildman–Crippen MR) is 162 cm³/mol. The Balaban J connectivity index is 1.42. The van der Waals surface area contributed by atoms with E-state index in [0.717, 1.165) is 17.7 Å². The van der Waals surface area contributed by atoms with E-state index in [1.165, 1.54) is 25.2 Å². The lowest BCUT2D eigenvalue weighted by Gasteiger charge is -2.57. The number of ether oxygens (including phenoxy) is 2. The molecule has 0 unspecified atom stereocenters. The van der Waals surface area contributed by atoms with Crippen molar-refractivity contribution in [3.05, 3.63) is 82.0 Å². The summed E-state index contributed by atoms with van der Waals surface area (Å²) in [6.07, 6.45) is -2.81. The van der Waals surface area contributed by atoms with Gasteiger partial charge in [0.15, 0.2) is 28.8 Å². The van der Waals surface area contributed by atoms with Crippen LogP contribution in [0.25, 0.3) is 34.4 Å². The van der Waals surface area contributed by atoms with Gasteiger partial charge < -0.3 is 55.0 Å². The second-order valence-corrected chi connectivity index (χ2v) is 11.0. The molecule has 1 aromatic heterocycles. The van der Waals surface area contributed by atoms with Gasteiger partial charge in [0, 0.05) is 24.2 Å². The van der Waals surface area contributed by atoms with Crippen molar-refractivity contribution in [3.63, 3.8) is 0 Å². The van der Waals surface area contributed by atoms with Crippen molar-refractivity contribution in [1.29, 1.82) is 0 Å². The van der Waals surface area contributed by atoms with Gasteiger partial charge in [0.25, 0.3) is 0 Å². The van der Waals surface area contributed by atoms with Crippen molar-refractivity contribution < 1.29 is 54.4 Å². The molecule has 6 rings (SSSR count). The highest BCUT2D eigenvalue weighted by Gasteiger charge is 2.71. The van der Waals surface area contributed by atoms with Crippen LogP contribution in [0, 0.1) is 0 Å². The quantitative estimate of drug-likeness (QED) is 0.102. The molecule has 2 bridgehead atoms. The maximum atomic E-state index is 13.2. The van der Waals surface area contributed by atoms with Crippen LogP contribution in [0.3, 0.4) is 0 Å². The van der Waals surface area contributed by atoms with Gasteiger partial charge in [-0.1, -0.05) is 42.5 Å². The normalized spacial score (nSPS) is 27.6. The monoisotopic (exact) mass is 634 g/mol. The van der Waals surface area contributed by atoms with Crippen molar-refractivity contribution >= 4 is 29.1 Å². The zero-order valence-corrected chi connectivity index (χ0v) is 24.1. The van der Waals surface area contributed by atoms with Gasteiger partial charge in [-0.2, -0.15) is 0 Å². The Morgan fingerprint density at radius 2 is 1.78 bits per heavy atom. The Morgan fingerprint density at radius 3 is 2.48 bits per heavy atom. The number of piperidine rings is 1. The molecule has 3 heterocycles. The number of rotatable bonds is 7. The van der Waals surface area contributed by atoms with Crippen molar-refractivity contribution in [3.8, 4) is 34.3 Å². The van der Waals surface area contributed by atoms with Crippen LogP contribution >= 0.6 is 0 Å². The number of carbonyl (C=O) groups is 1. The molecule has 2 aliphatic heterocycles. The molecule has 0 spiro atoms. The number of phenols is 3. The predicted octanol–water partition coefficient (Wildman–Crippen LogP) is 0.907. The summed E-state index contributed by atoms with van der Waals surface area (Å²) >= 11 is 0.